The van der Waals surface area contributed by atoms with Crippen molar-refractivity contribution in [1.29, 1.82) is 0 Å². The van der Waals surface area contributed by atoms with Crippen molar-refractivity contribution in [3.63, 3.8) is 0 Å². The predicted molar refractivity (Wildman–Crippen MR) is 136 cm³/mol. The molecule has 35 heavy (non-hydrogen) atoms. The first-order valence-electron chi connectivity index (χ1n) is 11.2. The Bertz CT molecular complexity index is 1400. The molecule has 1 amide bonds. The van der Waals surface area contributed by atoms with E-state index in [2.05, 4.69) is 10.0 Å². The molecule has 0 saturated heterocycles. The third-order valence-corrected chi connectivity index (χ3v) is 6.67. The summed E-state index contributed by atoms with van der Waals surface area (Å²) in [5.41, 5.74) is 1.45. The molecule has 0 atom stereocenters. The maximum absolute atomic E-state index is 12.7. The standard InChI is InChI=1S/C27H26N2O5S/c1-2-33-23-12-10-22(11-13-23)29-35(31,32)25-16-14-24(15-17-25)34-19-27(30)28-18-21-8-5-7-20-6-3-4-9-26(20)21/h3-17,29H,2,18-19H2,1H3,(H,28,30). The summed E-state index contributed by atoms with van der Waals surface area (Å²) in [6.07, 6.45) is 0. The van der Waals surface area contributed by atoms with Crippen LogP contribution in [-0.4, -0.2) is 27.5 Å². The molecular weight excluding hydrogens is 464 g/mol. The van der Waals surface area contributed by atoms with Crippen molar-refractivity contribution in [2.45, 2.75) is 18.4 Å². The maximum Gasteiger partial charge on any atom is 0.261 e. The van der Waals surface area contributed by atoms with Crippen LogP contribution in [0.15, 0.2) is 95.9 Å². The summed E-state index contributed by atoms with van der Waals surface area (Å²) in [5, 5.41) is 5.06. The molecule has 180 valence electrons. The van der Waals surface area contributed by atoms with Gasteiger partial charge in [0.15, 0.2) is 6.61 Å². The number of benzene rings is 4. The van der Waals surface area contributed by atoms with Crippen molar-refractivity contribution in [2.24, 2.45) is 0 Å². The zero-order chi connectivity index (χ0) is 24.7. The number of carbonyl (C=O) groups excluding carboxylic acids is 1. The van der Waals surface area contributed by atoms with Crippen LogP contribution in [0.5, 0.6) is 11.5 Å². The van der Waals surface area contributed by atoms with E-state index in [1.807, 2.05) is 49.4 Å². The van der Waals surface area contributed by atoms with E-state index >= 15 is 0 Å². The van der Waals surface area contributed by atoms with Gasteiger partial charge in [-0.2, -0.15) is 0 Å². The number of fused-ring (bicyclic) bond motifs is 1. The Morgan fingerprint density at radius 3 is 2.20 bits per heavy atom. The SMILES string of the molecule is CCOc1ccc(NS(=O)(=O)c2ccc(OCC(=O)NCc3cccc4ccccc34)cc2)cc1. The fourth-order valence-electron chi connectivity index (χ4n) is 3.56. The molecule has 0 heterocycles. The van der Waals surface area contributed by atoms with Crippen LogP contribution in [-0.2, 0) is 21.4 Å². The first kappa shape index (κ1) is 24.1. The molecule has 2 N–H and O–H groups in total. The molecule has 0 saturated carbocycles. The zero-order valence-corrected chi connectivity index (χ0v) is 20.0. The Morgan fingerprint density at radius 1 is 0.800 bits per heavy atom. The van der Waals surface area contributed by atoms with E-state index in [0.29, 0.717) is 30.3 Å². The van der Waals surface area contributed by atoms with Crippen LogP contribution in [0.1, 0.15) is 12.5 Å². The minimum Gasteiger partial charge on any atom is -0.494 e. The van der Waals surface area contributed by atoms with Crippen molar-refractivity contribution in [1.82, 2.24) is 5.32 Å². The molecule has 0 aliphatic rings. The minimum atomic E-state index is -3.77. The molecular formula is C27H26N2O5S. The molecule has 0 unspecified atom stereocenters. The quantitative estimate of drug-likeness (QED) is 0.335. The van der Waals surface area contributed by atoms with Crippen molar-refractivity contribution in [3.05, 3.63) is 96.6 Å². The van der Waals surface area contributed by atoms with Gasteiger partial charge in [-0.3, -0.25) is 9.52 Å². The second kappa shape index (κ2) is 10.9. The number of sulfonamides is 1. The molecule has 0 fully saturated rings. The Hall–Kier alpha value is -4.04. The number of amides is 1. The molecule has 4 aromatic rings. The summed E-state index contributed by atoms with van der Waals surface area (Å²) < 4.78 is 38.7. The van der Waals surface area contributed by atoms with Gasteiger partial charge in [-0.25, -0.2) is 8.42 Å². The second-order valence-electron chi connectivity index (χ2n) is 7.74. The summed E-state index contributed by atoms with van der Waals surface area (Å²) in [7, 11) is -3.77. The topological polar surface area (TPSA) is 93.7 Å². The van der Waals surface area contributed by atoms with Gasteiger partial charge < -0.3 is 14.8 Å². The lowest BCUT2D eigenvalue weighted by atomic mass is 10.0. The Morgan fingerprint density at radius 2 is 1.46 bits per heavy atom. The highest BCUT2D eigenvalue weighted by molar-refractivity contribution is 7.92. The lowest BCUT2D eigenvalue weighted by Gasteiger charge is -2.11. The third-order valence-electron chi connectivity index (χ3n) is 5.28. The molecule has 0 aliphatic carbocycles. The van der Waals surface area contributed by atoms with Crippen molar-refractivity contribution in [3.8, 4) is 11.5 Å². The van der Waals surface area contributed by atoms with Crippen LogP contribution in [0.25, 0.3) is 10.8 Å². The second-order valence-corrected chi connectivity index (χ2v) is 9.42. The lowest BCUT2D eigenvalue weighted by Crippen LogP contribution is -2.28. The van der Waals surface area contributed by atoms with Crippen molar-refractivity contribution in [2.75, 3.05) is 17.9 Å². The Kier molecular flexibility index (Phi) is 7.52. The van der Waals surface area contributed by atoms with Crippen LogP contribution in [0.4, 0.5) is 5.69 Å². The van der Waals surface area contributed by atoms with Gasteiger partial charge in [0.2, 0.25) is 0 Å². The number of rotatable bonds is 10. The highest BCUT2D eigenvalue weighted by Crippen LogP contribution is 2.22. The van der Waals surface area contributed by atoms with E-state index in [9.17, 15) is 13.2 Å². The first-order valence-corrected chi connectivity index (χ1v) is 12.6. The number of nitrogens with one attached hydrogen (secondary N) is 2. The monoisotopic (exact) mass is 490 g/mol. The average molecular weight is 491 g/mol. The maximum atomic E-state index is 12.7. The zero-order valence-electron chi connectivity index (χ0n) is 19.2. The fraction of sp³-hybridized carbons (Fsp3) is 0.148. The average Bonchev–Trinajstić information content (AvgIpc) is 2.87. The van der Waals surface area contributed by atoms with Gasteiger partial charge in [-0.05, 0) is 71.8 Å². The Balaban J connectivity index is 1.30. The van der Waals surface area contributed by atoms with E-state index in [0.717, 1.165) is 16.3 Å². The molecule has 7 nitrogen and oxygen atoms in total. The van der Waals surface area contributed by atoms with Crippen LogP contribution < -0.4 is 19.5 Å². The van der Waals surface area contributed by atoms with Gasteiger partial charge in [-0.15, -0.1) is 0 Å². The largest absolute Gasteiger partial charge is 0.494 e. The van der Waals surface area contributed by atoms with Gasteiger partial charge in [0.25, 0.3) is 15.9 Å². The van der Waals surface area contributed by atoms with Crippen LogP contribution >= 0.6 is 0 Å². The summed E-state index contributed by atoms with van der Waals surface area (Å²) in [4.78, 5) is 12.4. The predicted octanol–water partition coefficient (Wildman–Crippen LogP) is 4.73. The van der Waals surface area contributed by atoms with Gasteiger partial charge in [0, 0.05) is 12.2 Å². The lowest BCUT2D eigenvalue weighted by molar-refractivity contribution is -0.123. The summed E-state index contributed by atoms with van der Waals surface area (Å²) in [5.74, 6) is 0.787. The molecule has 4 rings (SSSR count). The molecule has 4 aromatic carbocycles. The van der Waals surface area contributed by atoms with Gasteiger partial charge in [-0.1, -0.05) is 42.5 Å². The third kappa shape index (κ3) is 6.30. The summed E-state index contributed by atoms with van der Waals surface area (Å²) in [6.45, 7) is 2.62. The number of hydrogen-bond donors (Lipinski definition) is 2. The fourth-order valence-corrected chi connectivity index (χ4v) is 4.61. The van der Waals surface area contributed by atoms with Crippen LogP contribution in [0, 0.1) is 0 Å². The molecule has 0 bridgehead atoms. The van der Waals surface area contributed by atoms with Gasteiger partial charge >= 0.3 is 0 Å². The summed E-state index contributed by atoms with van der Waals surface area (Å²) in [6, 6.07) is 26.5. The van der Waals surface area contributed by atoms with E-state index in [1.54, 1.807) is 24.3 Å². The number of carbonyl (C=O) groups is 1. The normalized spacial score (nSPS) is 11.1. The van der Waals surface area contributed by atoms with Gasteiger partial charge in [0.05, 0.1) is 11.5 Å². The van der Waals surface area contributed by atoms with Crippen molar-refractivity contribution >= 4 is 32.4 Å². The highest BCUT2D eigenvalue weighted by Gasteiger charge is 2.14. The Labute approximate surface area is 204 Å². The molecule has 0 radical (unpaired) electrons. The smallest absolute Gasteiger partial charge is 0.261 e. The highest BCUT2D eigenvalue weighted by atomic mass is 32.2. The van der Waals surface area contributed by atoms with E-state index in [4.69, 9.17) is 9.47 Å². The van der Waals surface area contributed by atoms with Crippen LogP contribution in [0.2, 0.25) is 0 Å². The van der Waals surface area contributed by atoms with E-state index in [1.165, 1.54) is 24.3 Å². The molecule has 0 aliphatic heterocycles. The molecule has 8 heteroatoms. The number of ether oxygens (including phenoxy) is 2. The summed E-state index contributed by atoms with van der Waals surface area (Å²) >= 11 is 0. The number of hydrogen-bond acceptors (Lipinski definition) is 5. The first-order chi connectivity index (χ1) is 16.9. The van der Waals surface area contributed by atoms with Crippen molar-refractivity contribution < 1.29 is 22.7 Å². The molecule has 0 spiro atoms. The van der Waals surface area contributed by atoms with E-state index < -0.39 is 10.0 Å². The van der Waals surface area contributed by atoms with Crippen LogP contribution in [0.3, 0.4) is 0 Å². The molecule has 0 aromatic heterocycles. The van der Waals surface area contributed by atoms with E-state index in [-0.39, 0.29) is 17.4 Å². The van der Waals surface area contributed by atoms with Gasteiger partial charge in [0.1, 0.15) is 11.5 Å². The minimum absolute atomic E-state index is 0.0825. The number of anilines is 1.